The number of aromatic nitrogens is 2. The zero-order valence-corrected chi connectivity index (χ0v) is 14.4. The van der Waals surface area contributed by atoms with Crippen LogP contribution in [0.4, 0.5) is 9.59 Å². The minimum atomic E-state index is -4.92. The quantitative estimate of drug-likeness (QED) is 0.243. The number of amides is 3. The van der Waals surface area contributed by atoms with E-state index in [2.05, 4.69) is 24.7 Å². The molecule has 0 spiro atoms. The van der Waals surface area contributed by atoms with E-state index < -0.39 is 34.6 Å². The molecule has 3 amide bonds. The summed E-state index contributed by atoms with van der Waals surface area (Å²) in [5.74, 6) is 0.0501. The van der Waals surface area contributed by atoms with Gasteiger partial charge in [-0.2, -0.15) is 18.6 Å². The van der Waals surface area contributed by atoms with Gasteiger partial charge in [0.2, 0.25) is 0 Å². The standard InChI is InChI=1S/C11H15N7O7S/c1-13-9(15-24-10(12)19)8-7-5(3-14-16(7)2)6-4-17(8)11(20)18(6)25-26(21,22)23/h3,6,8H,4H2,1-2H3,(H2,12,19)(H,13,15)(H,21,22,23)/t6-,8-/m0/s1. The molecule has 15 heteroatoms. The van der Waals surface area contributed by atoms with Crippen LogP contribution in [0.2, 0.25) is 0 Å². The third-order valence-corrected chi connectivity index (χ3v) is 4.31. The number of aryl methyl sites for hydroxylation is 1. The molecular weight excluding hydrogens is 374 g/mol. The van der Waals surface area contributed by atoms with Gasteiger partial charge < -0.3 is 15.5 Å². The van der Waals surface area contributed by atoms with Gasteiger partial charge in [0, 0.05) is 19.7 Å². The number of nitrogens with two attached hydrogens (primary N) is 1. The summed E-state index contributed by atoms with van der Waals surface area (Å²) in [4.78, 5) is 33.2. The number of aliphatic imine (C=N–C) groups is 1. The topological polar surface area (TPSA) is 182 Å². The Kier molecular flexibility index (Phi) is 4.21. The van der Waals surface area contributed by atoms with Crippen molar-refractivity contribution in [3.05, 3.63) is 17.5 Å². The third kappa shape index (κ3) is 2.91. The summed E-state index contributed by atoms with van der Waals surface area (Å²) in [5.41, 5.74) is 8.16. The van der Waals surface area contributed by atoms with Gasteiger partial charge in [-0.05, 0) is 0 Å². The average Bonchev–Trinajstić information content (AvgIpc) is 3.04. The molecule has 0 radical (unpaired) electrons. The molecule has 1 aromatic heterocycles. The number of carbonyl (C=O) groups excluding carboxylic acids is 2. The summed E-state index contributed by atoms with van der Waals surface area (Å²) < 4.78 is 37.0. The number of nitrogens with zero attached hydrogens (tertiary/aromatic N) is 5. The van der Waals surface area contributed by atoms with Crippen LogP contribution in [-0.2, 0) is 26.6 Å². The molecule has 2 aliphatic rings. The molecule has 2 bridgehead atoms. The molecule has 0 unspecified atom stereocenters. The van der Waals surface area contributed by atoms with E-state index >= 15 is 0 Å². The molecule has 0 aliphatic carbocycles. The molecule has 14 nitrogen and oxygen atoms in total. The van der Waals surface area contributed by atoms with Crippen LogP contribution in [0, 0.1) is 0 Å². The molecule has 0 aromatic carbocycles. The van der Waals surface area contributed by atoms with Gasteiger partial charge in [0.15, 0.2) is 5.84 Å². The van der Waals surface area contributed by atoms with Gasteiger partial charge >= 0.3 is 22.5 Å². The summed E-state index contributed by atoms with van der Waals surface area (Å²) in [6.45, 7) is 0.0228. The number of primary amides is 1. The molecule has 2 atom stereocenters. The second-order valence-electron chi connectivity index (χ2n) is 5.42. The maximum atomic E-state index is 12.6. The Labute approximate surface area is 147 Å². The van der Waals surface area contributed by atoms with Crippen molar-refractivity contribution in [1.29, 1.82) is 0 Å². The SMILES string of the molecule is CN=C(NOC(N)=O)[C@@H]1c2c(cnn2C)[C@@H]2CN1C(=O)N2OS(=O)(=O)O. The van der Waals surface area contributed by atoms with Crippen LogP contribution < -0.4 is 11.2 Å². The number of carbonyl (C=O) groups is 2. The predicted molar refractivity (Wildman–Crippen MR) is 82.4 cm³/mol. The van der Waals surface area contributed by atoms with Crippen molar-refractivity contribution in [2.75, 3.05) is 13.6 Å². The van der Waals surface area contributed by atoms with E-state index in [1.807, 2.05) is 0 Å². The fourth-order valence-electron chi connectivity index (χ4n) is 3.03. The van der Waals surface area contributed by atoms with Crippen molar-refractivity contribution in [2.45, 2.75) is 12.1 Å². The second-order valence-corrected chi connectivity index (χ2v) is 6.43. The van der Waals surface area contributed by atoms with E-state index in [0.29, 0.717) is 16.3 Å². The highest BCUT2D eigenvalue weighted by molar-refractivity contribution is 7.80. The molecule has 2 aliphatic heterocycles. The Hall–Kier alpha value is -2.91. The number of nitrogens with one attached hydrogen (secondary N) is 1. The van der Waals surface area contributed by atoms with E-state index in [0.717, 1.165) is 0 Å². The summed E-state index contributed by atoms with van der Waals surface area (Å²) in [7, 11) is -1.92. The summed E-state index contributed by atoms with van der Waals surface area (Å²) in [6.07, 6.45) is 0.319. The molecule has 1 aromatic rings. The minimum absolute atomic E-state index is 0.0228. The highest BCUT2D eigenvalue weighted by atomic mass is 32.3. The lowest BCUT2D eigenvalue weighted by molar-refractivity contribution is -0.0316. The fourth-order valence-corrected chi connectivity index (χ4v) is 3.40. The molecular formula is C11H15N7O7S. The Morgan fingerprint density at radius 2 is 2.23 bits per heavy atom. The van der Waals surface area contributed by atoms with Crippen LogP contribution in [0.5, 0.6) is 0 Å². The number of urea groups is 1. The van der Waals surface area contributed by atoms with Gasteiger partial charge in [0.25, 0.3) is 0 Å². The molecule has 0 saturated carbocycles. The zero-order valence-electron chi connectivity index (χ0n) is 13.6. The monoisotopic (exact) mass is 389 g/mol. The first kappa shape index (κ1) is 17.9. The zero-order chi connectivity index (χ0) is 19.2. The summed E-state index contributed by atoms with van der Waals surface area (Å²) in [5, 5.41) is 4.64. The van der Waals surface area contributed by atoms with E-state index in [9.17, 15) is 18.0 Å². The molecule has 3 heterocycles. The molecule has 142 valence electrons. The lowest BCUT2D eigenvalue weighted by Gasteiger charge is -2.31. The number of fused-ring (bicyclic) bond motifs is 4. The van der Waals surface area contributed by atoms with Gasteiger partial charge in [-0.3, -0.25) is 14.2 Å². The molecule has 1 saturated heterocycles. The van der Waals surface area contributed by atoms with Crippen molar-refractivity contribution in [3.8, 4) is 0 Å². The Morgan fingerprint density at radius 1 is 1.54 bits per heavy atom. The molecule has 26 heavy (non-hydrogen) atoms. The highest BCUT2D eigenvalue weighted by Gasteiger charge is 2.53. The molecule has 1 fully saturated rings. The van der Waals surface area contributed by atoms with E-state index in [1.54, 1.807) is 7.05 Å². The van der Waals surface area contributed by atoms with Crippen LogP contribution >= 0.6 is 0 Å². The Balaban J connectivity index is 2.05. The first-order chi connectivity index (χ1) is 12.1. The van der Waals surface area contributed by atoms with Gasteiger partial charge in [-0.15, -0.1) is 4.28 Å². The lowest BCUT2D eigenvalue weighted by atomic mass is 9.97. The minimum Gasteiger partial charge on any atom is -0.333 e. The van der Waals surface area contributed by atoms with Crippen molar-refractivity contribution in [1.82, 2.24) is 25.2 Å². The maximum absolute atomic E-state index is 12.6. The first-order valence-corrected chi connectivity index (χ1v) is 8.48. The normalized spacial score (nSPS) is 22.4. The van der Waals surface area contributed by atoms with E-state index in [4.69, 9.17) is 10.3 Å². The van der Waals surface area contributed by atoms with Gasteiger partial charge in [0.05, 0.1) is 18.4 Å². The van der Waals surface area contributed by atoms with Crippen LogP contribution in [0.25, 0.3) is 0 Å². The number of hydrogen-bond donors (Lipinski definition) is 3. The Bertz CT molecular complexity index is 895. The fraction of sp³-hybridized carbons (Fsp3) is 0.455. The largest absolute Gasteiger partial charge is 0.428 e. The maximum Gasteiger partial charge on any atom is 0.428 e. The average molecular weight is 389 g/mol. The van der Waals surface area contributed by atoms with Crippen LogP contribution in [-0.4, -0.2) is 64.3 Å². The third-order valence-electron chi connectivity index (χ3n) is 3.96. The number of hydrogen-bond acceptors (Lipinski definition) is 8. The van der Waals surface area contributed by atoms with Crippen molar-refractivity contribution in [2.24, 2.45) is 17.8 Å². The lowest BCUT2D eigenvalue weighted by Crippen LogP contribution is -2.45. The van der Waals surface area contributed by atoms with Crippen molar-refractivity contribution < 1.29 is 31.7 Å². The van der Waals surface area contributed by atoms with Crippen LogP contribution in [0.15, 0.2) is 11.2 Å². The number of rotatable bonds is 3. The predicted octanol–water partition coefficient (Wildman–Crippen LogP) is -1.38. The van der Waals surface area contributed by atoms with Crippen LogP contribution in [0.1, 0.15) is 23.3 Å². The van der Waals surface area contributed by atoms with E-state index in [1.165, 1.54) is 22.8 Å². The molecule has 3 rings (SSSR count). The summed E-state index contributed by atoms with van der Waals surface area (Å²) in [6, 6.07) is -2.55. The number of amidine groups is 1. The van der Waals surface area contributed by atoms with Crippen LogP contribution in [0.3, 0.4) is 0 Å². The Morgan fingerprint density at radius 3 is 2.81 bits per heavy atom. The molecule has 4 N–H and O–H groups in total. The van der Waals surface area contributed by atoms with E-state index in [-0.39, 0.29) is 12.4 Å². The highest BCUT2D eigenvalue weighted by Crippen LogP contribution is 2.44. The smallest absolute Gasteiger partial charge is 0.333 e. The van der Waals surface area contributed by atoms with Gasteiger partial charge in [0.1, 0.15) is 12.1 Å². The van der Waals surface area contributed by atoms with Gasteiger partial charge in [-0.25, -0.2) is 15.1 Å². The number of hydroxylamine groups is 3. The van der Waals surface area contributed by atoms with Crippen molar-refractivity contribution in [3.63, 3.8) is 0 Å². The first-order valence-electron chi connectivity index (χ1n) is 7.11. The summed E-state index contributed by atoms with van der Waals surface area (Å²) >= 11 is 0. The van der Waals surface area contributed by atoms with Gasteiger partial charge in [-0.1, -0.05) is 0 Å². The van der Waals surface area contributed by atoms with Crippen molar-refractivity contribution >= 4 is 28.4 Å². The second kappa shape index (κ2) is 6.11.